The van der Waals surface area contributed by atoms with Gasteiger partial charge in [-0.3, -0.25) is 0 Å². The van der Waals surface area contributed by atoms with Crippen LogP contribution in [0.5, 0.6) is 0 Å². The van der Waals surface area contributed by atoms with Gasteiger partial charge in [0.1, 0.15) is 0 Å². The van der Waals surface area contributed by atoms with E-state index in [0.29, 0.717) is 5.56 Å². The van der Waals surface area contributed by atoms with Crippen LogP contribution in [0.3, 0.4) is 0 Å². The fraction of sp³-hybridized carbons (Fsp3) is 0. The number of fused-ring (bicyclic) bond motifs is 1. The van der Waals surface area contributed by atoms with Crippen LogP contribution in [-0.4, -0.2) is 0 Å². The zero-order chi connectivity index (χ0) is 9.42. The molecule has 0 N–H and O–H groups in total. The molecule has 0 aliphatic rings. The molecule has 13 heavy (non-hydrogen) atoms. The highest BCUT2D eigenvalue weighted by molar-refractivity contribution is 9.13. The molecule has 4 heteroatoms. The van der Waals surface area contributed by atoms with Crippen LogP contribution < -0.4 is 0 Å². The Bertz CT molecular complexity index is 510. The molecule has 1 aromatic heterocycles. The molecule has 0 spiro atoms. The molecule has 2 aromatic rings. The summed E-state index contributed by atoms with van der Waals surface area (Å²) >= 11 is 8.52. The lowest BCUT2D eigenvalue weighted by Crippen LogP contribution is -1.74. The fourth-order valence-electron chi connectivity index (χ4n) is 1.18. The maximum absolute atomic E-state index is 8.89. The maximum Gasteiger partial charge on any atom is 0.0998 e. The van der Waals surface area contributed by atoms with Crippen molar-refractivity contribution in [3.8, 4) is 6.07 Å². The molecule has 1 nitrogen and oxygen atoms in total. The predicted molar refractivity (Wildman–Crippen MR) is 61.9 cm³/mol. The standard InChI is InChI=1S/C9H3Br2NS/c10-8-7-5(4-12)2-1-3-6(7)13-9(8)11/h1-3H. The average Bonchev–Trinajstić information content (AvgIpc) is 2.43. The highest BCUT2D eigenvalue weighted by Gasteiger charge is 2.10. The van der Waals surface area contributed by atoms with Crippen LogP contribution >= 0.6 is 43.2 Å². The van der Waals surface area contributed by atoms with Gasteiger partial charge in [-0.1, -0.05) is 6.07 Å². The summed E-state index contributed by atoms with van der Waals surface area (Å²) in [6, 6.07) is 7.91. The first-order valence-corrected chi connectivity index (χ1v) is 5.91. The Hall–Kier alpha value is -0.370. The number of benzene rings is 1. The van der Waals surface area contributed by atoms with Crippen molar-refractivity contribution in [1.82, 2.24) is 0 Å². The van der Waals surface area contributed by atoms with Gasteiger partial charge in [0, 0.05) is 10.1 Å². The zero-order valence-corrected chi connectivity index (χ0v) is 10.3. The van der Waals surface area contributed by atoms with Gasteiger partial charge in [0.15, 0.2) is 0 Å². The Morgan fingerprint density at radius 3 is 2.77 bits per heavy atom. The van der Waals surface area contributed by atoms with Crippen molar-refractivity contribution >= 4 is 53.3 Å². The minimum Gasteiger partial charge on any atom is -0.192 e. The summed E-state index contributed by atoms with van der Waals surface area (Å²) in [5.41, 5.74) is 0.714. The molecule has 0 bridgehead atoms. The normalized spacial score (nSPS) is 10.2. The number of halogens is 2. The minimum absolute atomic E-state index is 0.714. The molecule has 0 saturated heterocycles. The largest absolute Gasteiger partial charge is 0.192 e. The molecule has 0 fully saturated rings. The lowest BCUT2D eigenvalue weighted by atomic mass is 10.1. The molecule has 0 aliphatic heterocycles. The van der Waals surface area contributed by atoms with Crippen LogP contribution in [0.4, 0.5) is 0 Å². The number of nitriles is 1. The number of hydrogen-bond acceptors (Lipinski definition) is 2. The predicted octanol–water partition coefficient (Wildman–Crippen LogP) is 4.30. The first-order chi connectivity index (χ1) is 6.24. The Morgan fingerprint density at radius 2 is 2.08 bits per heavy atom. The van der Waals surface area contributed by atoms with Crippen molar-refractivity contribution in [3.05, 3.63) is 32.0 Å². The van der Waals surface area contributed by atoms with Crippen LogP contribution in [0.1, 0.15) is 5.56 Å². The van der Waals surface area contributed by atoms with Crippen LogP contribution in [0.25, 0.3) is 10.1 Å². The van der Waals surface area contributed by atoms with Gasteiger partial charge in [0.2, 0.25) is 0 Å². The third kappa shape index (κ3) is 1.41. The van der Waals surface area contributed by atoms with E-state index in [2.05, 4.69) is 37.9 Å². The molecule has 0 radical (unpaired) electrons. The number of nitrogens with zero attached hydrogens (tertiary/aromatic N) is 1. The van der Waals surface area contributed by atoms with Crippen LogP contribution in [0, 0.1) is 11.3 Å². The van der Waals surface area contributed by atoms with E-state index >= 15 is 0 Å². The molecule has 2 rings (SSSR count). The SMILES string of the molecule is N#Cc1cccc2sc(Br)c(Br)c12. The molecule has 0 amide bonds. The van der Waals surface area contributed by atoms with Gasteiger partial charge in [-0.25, -0.2) is 0 Å². The average molecular weight is 317 g/mol. The van der Waals surface area contributed by atoms with Crippen molar-refractivity contribution in [2.75, 3.05) is 0 Å². The van der Waals surface area contributed by atoms with Gasteiger partial charge in [-0.15, -0.1) is 11.3 Å². The lowest BCUT2D eigenvalue weighted by Gasteiger charge is -1.92. The smallest absolute Gasteiger partial charge is 0.0998 e. The second-order valence-electron chi connectivity index (χ2n) is 2.48. The van der Waals surface area contributed by atoms with E-state index in [1.54, 1.807) is 11.3 Å². The molecule has 0 aliphatic carbocycles. The third-order valence-electron chi connectivity index (χ3n) is 1.74. The molecule has 0 saturated carbocycles. The van der Waals surface area contributed by atoms with Crippen molar-refractivity contribution in [2.24, 2.45) is 0 Å². The van der Waals surface area contributed by atoms with Gasteiger partial charge >= 0.3 is 0 Å². The van der Waals surface area contributed by atoms with E-state index in [1.165, 1.54) is 0 Å². The van der Waals surface area contributed by atoms with Crippen molar-refractivity contribution in [3.63, 3.8) is 0 Å². The molecule has 0 unspecified atom stereocenters. The molecular formula is C9H3Br2NS. The first-order valence-electron chi connectivity index (χ1n) is 3.50. The summed E-state index contributed by atoms with van der Waals surface area (Å²) in [5, 5.41) is 9.89. The Morgan fingerprint density at radius 1 is 1.31 bits per heavy atom. The van der Waals surface area contributed by atoms with Gasteiger partial charge in [-0.2, -0.15) is 5.26 Å². The Balaban J connectivity index is 2.97. The Labute approximate surface area is 96.2 Å². The minimum atomic E-state index is 0.714. The van der Waals surface area contributed by atoms with Gasteiger partial charge in [0.05, 0.1) is 19.9 Å². The van der Waals surface area contributed by atoms with E-state index < -0.39 is 0 Å². The molecule has 0 atom stereocenters. The molecule has 1 aromatic carbocycles. The monoisotopic (exact) mass is 315 g/mol. The summed E-state index contributed by atoms with van der Waals surface area (Å²) in [7, 11) is 0. The quantitative estimate of drug-likeness (QED) is 0.711. The zero-order valence-electron chi connectivity index (χ0n) is 6.34. The maximum atomic E-state index is 8.89. The molecule has 1 heterocycles. The lowest BCUT2D eigenvalue weighted by molar-refractivity contribution is 1.50. The van der Waals surface area contributed by atoms with E-state index in [-0.39, 0.29) is 0 Å². The second-order valence-corrected chi connectivity index (χ2v) is 5.64. The summed E-state index contributed by atoms with van der Waals surface area (Å²) in [6.07, 6.45) is 0. The van der Waals surface area contributed by atoms with Crippen molar-refractivity contribution < 1.29 is 0 Å². The summed E-state index contributed by atoms with van der Waals surface area (Å²) in [4.78, 5) is 0. The highest BCUT2D eigenvalue weighted by Crippen LogP contribution is 2.40. The summed E-state index contributed by atoms with van der Waals surface area (Å²) in [6.45, 7) is 0. The summed E-state index contributed by atoms with van der Waals surface area (Å²) in [5.74, 6) is 0. The first kappa shape index (κ1) is 9.20. The van der Waals surface area contributed by atoms with Crippen molar-refractivity contribution in [1.29, 1.82) is 5.26 Å². The van der Waals surface area contributed by atoms with E-state index in [4.69, 9.17) is 5.26 Å². The van der Waals surface area contributed by atoms with Crippen LogP contribution in [0.2, 0.25) is 0 Å². The highest BCUT2D eigenvalue weighted by atomic mass is 79.9. The summed E-state index contributed by atoms with van der Waals surface area (Å²) < 4.78 is 3.13. The Kier molecular flexibility index (Phi) is 2.41. The van der Waals surface area contributed by atoms with Crippen LogP contribution in [-0.2, 0) is 0 Å². The fourth-order valence-corrected chi connectivity index (χ4v) is 3.54. The van der Waals surface area contributed by atoms with Gasteiger partial charge in [-0.05, 0) is 44.0 Å². The van der Waals surface area contributed by atoms with E-state index in [1.807, 2.05) is 18.2 Å². The van der Waals surface area contributed by atoms with Gasteiger partial charge in [0.25, 0.3) is 0 Å². The van der Waals surface area contributed by atoms with Crippen LogP contribution in [0.15, 0.2) is 26.5 Å². The van der Waals surface area contributed by atoms with Gasteiger partial charge < -0.3 is 0 Å². The molecular weight excluding hydrogens is 314 g/mol. The third-order valence-corrected chi connectivity index (χ3v) is 5.15. The van der Waals surface area contributed by atoms with Crippen molar-refractivity contribution in [2.45, 2.75) is 0 Å². The van der Waals surface area contributed by atoms with E-state index in [9.17, 15) is 0 Å². The number of rotatable bonds is 0. The second kappa shape index (κ2) is 3.41. The van der Waals surface area contributed by atoms with E-state index in [0.717, 1.165) is 18.3 Å². The molecule has 64 valence electrons. The number of thiophene rings is 1. The number of hydrogen-bond donors (Lipinski definition) is 0. The topological polar surface area (TPSA) is 23.8 Å².